The predicted molar refractivity (Wildman–Crippen MR) is 111 cm³/mol. The second kappa shape index (κ2) is 9.59. The number of rotatable bonds is 8. The number of amides is 1. The molecule has 0 saturated heterocycles. The van der Waals surface area contributed by atoms with Gasteiger partial charge in [0.05, 0.1) is 14.2 Å². The van der Waals surface area contributed by atoms with Crippen LogP contribution in [0.2, 0.25) is 0 Å². The third kappa shape index (κ3) is 5.25. The maximum Gasteiger partial charge on any atom is 0.256 e. The molecule has 0 aliphatic rings. The molecule has 0 atom stereocenters. The van der Waals surface area contributed by atoms with Gasteiger partial charge in [-0.15, -0.1) is 0 Å². The fourth-order valence-electron chi connectivity index (χ4n) is 2.81. The van der Waals surface area contributed by atoms with Gasteiger partial charge in [0.25, 0.3) is 5.91 Å². The van der Waals surface area contributed by atoms with E-state index < -0.39 is 0 Å². The highest BCUT2D eigenvalue weighted by Gasteiger charge is 2.14. The molecule has 2 aromatic carbocycles. The molecular weight excluding hydrogens is 368 g/mol. The van der Waals surface area contributed by atoms with Crippen LogP contribution < -0.4 is 19.5 Å². The number of aromatic nitrogens is 1. The minimum atomic E-state index is -0.235. The van der Waals surface area contributed by atoms with Crippen molar-refractivity contribution < 1.29 is 19.0 Å². The van der Waals surface area contributed by atoms with Crippen molar-refractivity contribution in [3.8, 4) is 23.1 Å². The minimum absolute atomic E-state index is 0.235. The number of nitrogens with one attached hydrogen (secondary N) is 1. The van der Waals surface area contributed by atoms with Gasteiger partial charge in [0.15, 0.2) is 11.5 Å². The number of pyridine rings is 1. The van der Waals surface area contributed by atoms with Crippen LogP contribution in [-0.2, 0) is 6.42 Å². The molecule has 29 heavy (non-hydrogen) atoms. The molecule has 6 nitrogen and oxygen atoms in total. The van der Waals surface area contributed by atoms with Crippen LogP contribution in [-0.4, -0.2) is 31.7 Å². The Hall–Kier alpha value is -3.54. The van der Waals surface area contributed by atoms with Crippen LogP contribution in [0.3, 0.4) is 0 Å². The van der Waals surface area contributed by atoms with Gasteiger partial charge in [0.1, 0.15) is 11.3 Å². The smallest absolute Gasteiger partial charge is 0.256 e. The first-order valence-electron chi connectivity index (χ1n) is 9.29. The van der Waals surface area contributed by atoms with E-state index in [2.05, 4.69) is 10.3 Å². The van der Waals surface area contributed by atoms with Crippen LogP contribution in [0, 0.1) is 6.92 Å². The number of hydrogen-bond donors (Lipinski definition) is 1. The Labute approximate surface area is 170 Å². The second-order valence-corrected chi connectivity index (χ2v) is 6.47. The van der Waals surface area contributed by atoms with Crippen molar-refractivity contribution in [2.75, 3.05) is 20.8 Å². The third-order valence-corrected chi connectivity index (χ3v) is 4.40. The second-order valence-electron chi connectivity index (χ2n) is 6.47. The van der Waals surface area contributed by atoms with Crippen LogP contribution in [0.15, 0.2) is 60.8 Å². The normalized spacial score (nSPS) is 10.3. The van der Waals surface area contributed by atoms with E-state index in [1.165, 1.54) is 0 Å². The lowest BCUT2D eigenvalue weighted by atomic mass is 10.1. The summed E-state index contributed by atoms with van der Waals surface area (Å²) >= 11 is 0. The summed E-state index contributed by atoms with van der Waals surface area (Å²) < 4.78 is 16.4. The minimum Gasteiger partial charge on any atom is -0.493 e. The molecule has 0 spiro atoms. The molecule has 0 aliphatic carbocycles. The first kappa shape index (κ1) is 20.2. The van der Waals surface area contributed by atoms with Crippen LogP contribution >= 0.6 is 0 Å². The summed E-state index contributed by atoms with van der Waals surface area (Å²) in [6.07, 6.45) is 2.25. The van der Waals surface area contributed by atoms with Crippen molar-refractivity contribution in [2.24, 2.45) is 0 Å². The molecule has 0 bridgehead atoms. The van der Waals surface area contributed by atoms with Crippen LogP contribution in [0.1, 0.15) is 21.5 Å². The molecule has 0 fully saturated rings. The van der Waals surface area contributed by atoms with Crippen molar-refractivity contribution in [3.05, 3.63) is 77.5 Å². The fourth-order valence-corrected chi connectivity index (χ4v) is 2.81. The van der Waals surface area contributed by atoms with Crippen LogP contribution in [0.4, 0.5) is 0 Å². The standard InChI is InChI=1S/C23H24N2O4/c1-16-6-9-18(10-7-16)29-23-19(5-4-13-25-23)22(26)24-14-12-17-8-11-20(27-2)21(15-17)28-3/h4-11,13,15H,12,14H2,1-3H3,(H,24,26). The molecule has 1 N–H and O–H groups in total. The van der Waals surface area contributed by atoms with Crippen molar-refractivity contribution in [3.63, 3.8) is 0 Å². The summed E-state index contributed by atoms with van der Waals surface area (Å²) in [5.41, 5.74) is 2.55. The number of hydrogen-bond acceptors (Lipinski definition) is 5. The highest BCUT2D eigenvalue weighted by molar-refractivity contribution is 5.96. The van der Waals surface area contributed by atoms with E-state index in [1.807, 2.05) is 49.4 Å². The maximum atomic E-state index is 12.6. The average Bonchev–Trinajstić information content (AvgIpc) is 2.75. The Morgan fingerprint density at radius 3 is 2.48 bits per heavy atom. The van der Waals surface area contributed by atoms with Gasteiger partial charge >= 0.3 is 0 Å². The molecule has 3 rings (SSSR count). The highest BCUT2D eigenvalue weighted by Crippen LogP contribution is 2.27. The van der Waals surface area contributed by atoms with Crippen molar-refractivity contribution >= 4 is 5.91 Å². The first-order chi connectivity index (χ1) is 14.1. The van der Waals surface area contributed by atoms with E-state index in [0.29, 0.717) is 35.8 Å². The van der Waals surface area contributed by atoms with Gasteiger partial charge in [0.2, 0.25) is 5.88 Å². The van der Waals surface area contributed by atoms with Crippen molar-refractivity contribution in [1.29, 1.82) is 0 Å². The topological polar surface area (TPSA) is 69.7 Å². The van der Waals surface area contributed by atoms with Crippen molar-refractivity contribution in [1.82, 2.24) is 10.3 Å². The summed E-state index contributed by atoms with van der Waals surface area (Å²) in [5.74, 6) is 2.01. The Kier molecular flexibility index (Phi) is 6.68. The Morgan fingerprint density at radius 1 is 1.00 bits per heavy atom. The lowest BCUT2D eigenvalue weighted by Crippen LogP contribution is -2.26. The number of methoxy groups -OCH3 is 2. The number of carbonyl (C=O) groups is 1. The van der Waals surface area contributed by atoms with Gasteiger partial charge in [-0.1, -0.05) is 23.8 Å². The number of nitrogens with zero attached hydrogens (tertiary/aromatic N) is 1. The zero-order chi connectivity index (χ0) is 20.6. The summed E-state index contributed by atoms with van der Waals surface area (Å²) in [6, 6.07) is 16.7. The predicted octanol–water partition coefficient (Wildman–Crippen LogP) is 4.17. The SMILES string of the molecule is COc1ccc(CCNC(=O)c2cccnc2Oc2ccc(C)cc2)cc1OC. The van der Waals surface area contributed by atoms with E-state index in [9.17, 15) is 4.79 Å². The molecule has 0 saturated carbocycles. The van der Waals surface area contributed by atoms with E-state index in [0.717, 1.165) is 11.1 Å². The lowest BCUT2D eigenvalue weighted by molar-refractivity contribution is 0.0951. The number of benzene rings is 2. The van der Waals surface area contributed by atoms with Crippen LogP contribution in [0.25, 0.3) is 0 Å². The molecule has 0 radical (unpaired) electrons. The summed E-state index contributed by atoms with van der Waals surface area (Å²) in [4.78, 5) is 16.9. The Morgan fingerprint density at radius 2 is 1.76 bits per heavy atom. The molecule has 150 valence electrons. The zero-order valence-electron chi connectivity index (χ0n) is 16.8. The Bertz CT molecular complexity index is 971. The van der Waals surface area contributed by atoms with Gasteiger partial charge in [-0.25, -0.2) is 4.98 Å². The Balaban J connectivity index is 1.63. The van der Waals surface area contributed by atoms with Crippen molar-refractivity contribution in [2.45, 2.75) is 13.3 Å². The molecule has 3 aromatic rings. The summed E-state index contributed by atoms with van der Waals surface area (Å²) in [6.45, 7) is 2.47. The molecule has 0 unspecified atom stereocenters. The van der Waals surface area contributed by atoms with Gasteiger partial charge < -0.3 is 19.5 Å². The summed E-state index contributed by atoms with van der Waals surface area (Å²) in [7, 11) is 3.20. The zero-order valence-corrected chi connectivity index (χ0v) is 16.8. The van der Waals surface area contributed by atoms with Gasteiger partial charge in [0, 0.05) is 12.7 Å². The quantitative estimate of drug-likeness (QED) is 0.623. The molecular formula is C23H24N2O4. The monoisotopic (exact) mass is 392 g/mol. The molecule has 1 aromatic heterocycles. The molecule has 0 aliphatic heterocycles. The molecule has 1 amide bonds. The number of aryl methyl sites for hydroxylation is 1. The molecule has 6 heteroatoms. The van der Waals surface area contributed by atoms with Gasteiger partial charge in [-0.3, -0.25) is 4.79 Å². The van der Waals surface area contributed by atoms with Gasteiger partial charge in [-0.2, -0.15) is 0 Å². The largest absolute Gasteiger partial charge is 0.493 e. The number of carbonyl (C=O) groups excluding carboxylic acids is 1. The number of ether oxygens (including phenoxy) is 3. The maximum absolute atomic E-state index is 12.6. The van der Waals surface area contributed by atoms with Crippen LogP contribution in [0.5, 0.6) is 23.1 Å². The van der Waals surface area contributed by atoms with E-state index >= 15 is 0 Å². The van der Waals surface area contributed by atoms with E-state index in [1.54, 1.807) is 32.5 Å². The van der Waals surface area contributed by atoms with E-state index in [4.69, 9.17) is 14.2 Å². The third-order valence-electron chi connectivity index (χ3n) is 4.40. The first-order valence-corrected chi connectivity index (χ1v) is 9.29. The fraction of sp³-hybridized carbons (Fsp3) is 0.217. The molecule has 1 heterocycles. The average molecular weight is 392 g/mol. The van der Waals surface area contributed by atoms with E-state index in [-0.39, 0.29) is 11.8 Å². The lowest BCUT2D eigenvalue weighted by Gasteiger charge is -2.12. The summed E-state index contributed by atoms with van der Waals surface area (Å²) in [5, 5.41) is 2.92. The van der Waals surface area contributed by atoms with Gasteiger partial charge in [-0.05, 0) is 55.3 Å². The highest BCUT2D eigenvalue weighted by atomic mass is 16.5.